The van der Waals surface area contributed by atoms with Crippen molar-refractivity contribution in [2.24, 2.45) is 0 Å². The molecule has 124 valence electrons. The maximum atomic E-state index is 12.7. The standard InChI is InChI=1S/C20H21NO3/c1-12-9-13(2)11-15(10-12)18(20(23)24)21-19(22)17-8-7-14-5-3-4-6-16(14)17/h3-6,9-11,17-18H,7-8H2,1-2H3,(H,21,22)(H,23,24). The summed E-state index contributed by atoms with van der Waals surface area (Å²) in [6.45, 7) is 3.84. The molecule has 0 saturated carbocycles. The molecule has 0 spiro atoms. The van der Waals surface area contributed by atoms with E-state index in [9.17, 15) is 14.7 Å². The molecule has 4 nitrogen and oxygen atoms in total. The second kappa shape index (κ2) is 6.48. The molecule has 2 unspecified atom stereocenters. The van der Waals surface area contributed by atoms with Crippen LogP contribution >= 0.6 is 0 Å². The first-order chi connectivity index (χ1) is 11.5. The number of carboxylic acid groups (broad SMARTS) is 1. The van der Waals surface area contributed by atoms with Crippen LogP contribution in [0.25, 0.3) is 0 Å². The minimum atomic E-state index is -1.04. The van der Waals surface area contributed by atoms with E-state index in [0.29, 0.717) is 5.56 Å². The fraction of sp³-hybridized carbons (Fsp3) is 0.300. The molecule has 0 heterocycles. The number of hydrogen-bond acceptors (Lipinski definition) is 2. The molecule has 1 amide bonds. The van der Waals surface area contributed by atoms with E-state index in [4.69, 9.17) is 0 Å². The van der Waals surface area contributed by atoms with Crippen LogP contribution < -0.4 is 5.32 Å². The summed E-state index contributed by atoms with van der Waals surface area (Å²) in [5, 5.41) is 12.3. The van der Waals surface area contributed by atoms with Crippen LogP contribution in [0.5, 0.6) is 0 Å². The highest BCUT2D eigenvalue weighted by Gasteiger charge is 2.31. The quantitative estimate of drug-likeness (QED) is 0.907. The second-order valence-corrected chi connectivity index (χ2v) is 6.49. The first kappa shape index (κ1) is 16.2. The lowest BCUT2D eigenvalue weighted by atomic mass is 9.98. The van der Waals surface area contributed by atoms with Crippen molar-refractivity contribution in [3.63, 3.8) is 0 Å². The summed E-state index contributed by atoms with van der Waals surface area (Å²) in [7, 11) is 0. The average Bonchev–Trinajstić information content (AvgIpc) is 2.95. The van der Waals surface area contributed by atoms with Gasteiger partial charge in [0.1, 0.15) is 0 Å². The maximum Gasteiger partial charge on any atom is 0.330 e. The molecule has 1 aliphatic carbocycles. The van der Waals surface area contributed by atoms with Gasteiger partial charge in [-0.2, -0.15) is 0 Å². The largest absolute Gasteiger partial charge is 0.479 e. The van der Waals surface area contributed by atoms with Crippen molar-refractivity contribution in [2.75, 3.05) is 0 Å². The van der Waals surface area contributed by atoms with E-state index < -0.39 is 12.0 Å². The van der Waals surface area contributed by atoms with Gasteiger partial charge in [0.2, 0.25) is 5.91 Å². The van der Waals surface area contributed by atoms with E-state index in [-0.39, 0.29) is 11.8 Å². The van der Waals surface area contributed by atoms with E-state index in [1.54, 1.807) is 0 Å². The molecule has 2 aromatic carbocycles. The molecule has 3 rings (SSSR count). The topological polar surface area (TPSA) is 66.4 Å². The van der Waals surface area contributed by atoms with Crippen LogP contribution in [0.3, 0.4) is 0 Å². The van der Waals surface area contributed by atoms with Gasteiger partial charge in [0.05, 0.1) is 5.92 Å². The Kier molecular flexibility index (Phi) is 4.38. The van der Waals surface area contributed by atoms with Crippen molar-refractivity contribution in [1.82, 2.24) is 5.32 Å². The number of aliphatic carboxylic acids is 1. The zero-order valence-electron chi connectivity index (χ0n) is 13.9. The van der Waals surface area contributed by atoms with Crippen molar-refractivity contribution >= 4 is 11.9 Å². The van der Waals surface area contributed by atoms with Crippen LogP contribution in [0.15, 0.2) is 42.5 Å². The van der Waals surface area contributed by atoms with Gasteiger partial charge in [-0.05, 0) is 43.4 Å². The SMILES string of the molecule is Cc1cc(C)cc(C(NC(=O)C2CCc3ccccc32)C(=O)O)c1. The molecule has 0 aliphatic heterocycles. The predicted molar refractivity (Wildman–Crippen MR) is 91.9 cm³/mol. The highest BCUT2D eigenvalue weighted by Crippen LogP contribution is 2.33. The van der Waals surface area contributed by atoms with Crippen molar-refractivity contribution in [2.45, 2.75) is 38.6 Å². The highest BCUT2D eigenvalue weighted by atomic mass is 16.4. The first-order valence-electron chi connectivity index (χ1n) is 8.15. The Morgan fingerprint density at radius 3 is 2.46 bits per heavy atom. The molecular formula is C20H21NO3. The van der Waals surface area contributed by atoms with Crippen LogP contribution in [0.1, 0.15) is 46.2 Å². The summed E-state index contributed by atoms with van der Waals surface area (Å²) in [5.74, 6) is -1.53. The van der Waals surface area contributed by atoms with Crippen molar-refractivity contribution in [3.8, 4) is 0 Å². The third kappa shape index (κ3) is 3.18. The smallest absolute Gasteiger partial charge is 0.330 e. The minimum absolute atomic E-state index is 0.216. The summed E-state index contributed by atoms with van der Waals surface area (Å²) >= 11 is 0. The number of amides is 1. The zero-order chi connectivity index (χ0) is 17.3. The van der Waals surface area contributed by atoms with Gasteiger partial charge in [0.15, 0.2) is 6.04 Å². The Labute approximate surface area is 141 Å². The molecule has 2 aromatic rings. The molecule has 0 fully saturated rings. The summed E-state index contributed by atoms with van der Waals surface area (Å²) in [6, 6.07) is 12.5. The molecular weight excluding hydrogens is 302 g/mol. The Morgan fingerprint density at radius 1 is 1.12 bits per heavy atom. The molecule has 2 atom stereocenters. The first-order valence-corrected chi connectivity index (χ1v) is 8.15. The van der Waals surface area contributed by atoms with Gasteiger partial charge in [0, 0.05) is 0 Å². The third-order valence-electron chi connectivity index (χ3n) is 4.56. The van der Waals surface area contributed by atoms with Crippen molar-refractivity contribution in [1.29, 1.82) is 0 Å². The van der Waals surface area contributed by atoms with E-state index >= 15 is 0 Å². The zero-order valence-corrected chi connectivity index (χ0v) is 13.9. The summed E-state index contributed by atoms with van der Waals surface area (Å²) < 4.78 is 0. The summed E-state index contributed by atoms with van der Waals surface area (Å²) in [6.07, 6.45) is 1.58. The fourth-order valence-corrected chi connectivity index (χ4v) is 3.54. The van der Waals surface area contributed by atoms with Gasteiger partial charge in [-0.1, -0.05) is 53.6 Å². The number of carbonyl (C=O) groups is 2. The molecule has 0 radical (unpaired) electrons. The van der Waals surface area contributed by atoms with E-state index in [1.807, 2.05) is 56.3 Å². The number of carbonyl (C=O) groups excluding carboxylic acids is 1. The fourth-order valence-electron chi connectivity index (χ4n) is 3.54. The predicted octanol–water partition coefficient (Wildman–Crippen LogP) is 3.28. The highest BCUT2D eigenvalue weighted by molar-refractivity contribution is 5.89. The third-order valence-corrected chi connectivity index (χ3v) is 4.56. The van der Waals surface area contributed by atoms with Gasteiger partial charge < -0.3 is 10.4 Å². The second-order valence-electron chi connectivity index (χ2n) is 6.49. The summed E-state index contributed by atoms with van der Waals surface area (Å²) in [5.41, 5.74) is 4.77. The van der Waals surface area contributed by atoms with Crippen LogP contribution in [-0.4, -0.2) is 17.0 Å². The molecule has 4 heteroatoms. The van der Waals surface area contributed by atoms with Crippen LogP contribution in [0.2, 0.25) is 0 Å². The van der Waals surface area contributed by atoms with Gasteiger partial charge in [-0.15, -0.1) is 0 Å². The lowest BCUT2D eigenvalue weighted by Gasteiger charge is -2.19. The Morgan fingerprint density at radius 2 is 1.79 bits per heavy atom. The Balaban J connectivity index is 1.84. The number of hydrogen-bond donors (Lipinski definition) is 2. The Hall–Kier alpha value is -2.62. The maximum absolute atomic E-state index is 12.7. The van der Waals surface area contributed by atoms with Gasteiger partial charge in [0.25, 0.3) is 0 Å². The Bertz CT molecular complexity index is 777. The molecule has 2 N–H and O–H groups in total. The van der Waals surface area contributed by atoms with Crippen molar-refractivity contribution in [3.05, 3.63) is 70.3 Å². The van der Waals surface area contributed by atoms with Crippen LogP contribution in [0, 0.1) is 13.8 Å². The summed E-state index contributed by atoms with van der Waals surface area (Å²) in [4.78, 5) is 24.4. The van der Waals surface area contributed by atoms with Crippen molar-refractivity contribution < 1.29 is 14.7 Å². The van der Waals surface area contributed by atoms with Crippen LogP contribution in [0.4, 0.5) is 0 Å². The number of carboxylic acids is 1. The number of aryl methyl sites for hydroxylation is 3. The van der Waals surface area contributed by atoms with Crippen LogP contribution in [-0.2, 0) is 16.0 Å². The van der Waals surface area contributed by atoms with E-state index in [1.165, 1.54) is 5.56 Å². The molecule has 0 bridgehead atoms. The van der Waals surface area contributed by atoms with E-state index in [0.717, 1.165) is 29.5 Å². The monoisotopic (exact) mass is 323 g/mol. The molecule has 24 heavy (non-hydrogen) atoms. The lowest BCUT2D eigenvalue weighted by molar-refractivity contribution is -0.142. The molecule has 0 saturated heterocycles. The lowest BCUT2D eigenvalue weighted by Crippen LogP contribution is -2.36. The number of fused-ring (bicyclic) bond motifs is 1. The molecule has 0 aromatic heterocycles. The average molecular weight is 323 g/mol. The normalized spacial score (nSPS) is 17.2. The van der Waals surface area contributed by atoms with Gasteiger partial charge in [-0.3, -0.25) is 4.79 Å². The number of nitrogens with one attached hydrogen (secondary N) is 1. The van der Waals surface area contributed by atoms with Gasteiger partial charge in [-0.25, -0.2) is 4.79 Å². The number of benzene rings is 2. The number of rotatable bonds is 4. The molecule has 1 aliphatic rings. The minimum Gasteiger partial charge on any atom is -0.479 e. The van der Waals surface area contributed by atoms with Gasteiger partial charge >= 0.3 is 5.97 Å². The van der Waals surface area contributed by atoms with E-state index in [2.05, 4.69) is 5.32 Å².